The van der Waals surface area contributed by atoms with Crippen molar-refractivity contribution in [3.8, 4) is 5.88 Å². The van der Waals surface area contributed by atoms with Crippen molar-refractivity contribution in [2.75, 3.05) is 11.9 Å². The van der Waals surface area contributed by atoms with Gasteiger partial charge >= 0.3 is 6.18 Å². The summed E-state index contributed by atoms with van der Waals surface area (Å²) in [5, 5.41) is 2.30. The lowest BCUT2D eigenvalue weighted by Crippen LogP contribution is -2.19. The van der Waals surface area contributed by atoms with E-state index in [9.17, 15) is 22.4 Å². The minimum Gasteiger partial charge on any atom is -0.468 e. The van der Waals surface area contributed by atoms with Crippen molar-refractivity contribution in [3.05, 3.63) is 52.9 Å². The number of benzene rings is 1. The van der Waals surface area contributed by atoms with Gasteiger partial charge in [0.05, 0.1) is 10.6 Å². The molecular formula is C14H9ClF4N2O2. The zero-order chi connectivity index (χ0) is 17.0. The zero-order valence-electron chi connectivity index (χ0n) is 11.3. The van der Waals surface area contributed by atoms with Crippen LogP contribution in [-0.2, 0) is 0 Å². The molecule has 0 spiro atoms. The molecule has 122 valence electrons. The fraction of sp³-hybridized carbons (Fsp3) is 0.143. The molecule has 4 nitrogen and oxygen atoms in total. The highest BCUT2D eigenvalue weighted by atomic mass is 35.5. The maximum Gasteiger partial charge on any atom is 0.422 e. The minimum absolute atomic E-state index is 0.0878. The summed E-state index contributed by atoms with van der Waals surface area (Å²) in [6.07, 6.45) is -3.41. The van der Waals surface area contributed by atoms with Gasteiger partial charge < -0.3 is 10.1 Å². The average Bonchev–Trinajstić information content (AvgIpc) is 2.49. The van der Waals surface area contributed by atoms with Crippen LogP contribution in [0.4, 0.5) is 23.2 Å². The third-order valence-electron chi connectivity index (χ3n) is 2.56. The van der Waals surface area contributed by atoms with Crippen LogP contribution in [-0.4, -0.2) is 23.7 Å². The lowest BCUT2D eigenvalue weighted by Gasteiger charge is -2.09. The molecule has 0 fully saturated rings. The van der Waals surface area contributed by atoms with Gasteiger partial charge in [0, 0.05) is 18.0 Å². The summed E-state index contributed by atoms with van der Waals surface area (Å²) in [4.78, 5) is 15.5. The zero-order valence-corrected chi connectivity index (χ0v) is 12.1. The Labute approximate surface area is 133 Å². The van der Waals surface area contributed by atoms with Crippen LogP contribution in [0.2, 0.25) is 5.02 Å². The van der Waals surface area contributed by atoms with E-state index in [0.29, 0.717) is 0 Å². The van der Waals surface area contributed by atoms with Gasteiger partial charge in [0.25, 0.3) is 5.91 Å². The van der Waals surface area contributed by atoms with Crippen LogP contribution in [0.15, 0.2) is 36.5 Å². The Morgan fingerprint density at radius 1 is 1.26 bits per heavy atom. The van der Waals surface area contributed by atoms with Crippen LogP contribution in [0, 0.1) is 5.82 Å². The van der Waals surface area contributed by atoms with E-state index in [2.05, 4.69) is 15.0 Å². The maximum absolute atomic E-state index is 13.0. The summed E-state index contributed by atoms with van der Waals surface area (Å²) < 4.78 is 53.4. The van der Waals surface area contributed by atoms with Gasteiger partial charge in [0.2, 0.25) is 5.88 Å². The Hall–Kier alpha value is -2.35. The fourth-order valence-electron chi connectivity index (χ4n) is 1.53. The standard InChI is InChI=1S/C14H9ClF4N2O2/c15-10-5-9(2-3-11(10)16)21-13(22)8-1-4-12(20-6-8)23-7-14(17,18)19/h1-6H,7H2,(H,21,22). The Morgan fingerprint density at radius 3 is 2.57 bits per heavy atom. The number of ether oxygens (including phenoxy) is 1. The molecule has 0 radical (unpaired) electrons. The van der Waals surface area contributed by atoms with Gasteiger partial charge in [-0.05, 0) is 24.3 Å². The number of nitrogens with one attached hydrogen (secondary N) is 1. The molecule has 1 N–H and O–H groups in total. The van der Waals surface area contributed by atoms with Crippen molar-refractivity contribution in [2.45, 2.75) is 6.18 Å². The van der Waals surface area contributed by atoms with Gasteiger partial charge in [-0.25, -0.2) is 9.37 Å². The number of aromatic nitrogens is 1. The van der Waals surface area contributed by atoms with Crippen molar-refractivity contribution >= 4 is 23.2 Å². The molecule has 23 heavy (non-hydrogen) atoms. The molecule has 0 aliphatic heterocycles. The first kappa shape index (κ1) is 17.0. The number of hydrogen-bond donors (Lipinski definition) is 1. The molecule has 1 heterocycles. The van der Waals surface area contributed by atoms with E-state index in [1.54, 1.807) is 0 Å². The van der Waals surface area contributed by atoms with E-state index in [0.717, 1.165) is 18.3 Å². The van der Waals surface area contributed by atoms with E-state index in [1.807, 2.05) is 0 Å². The van der Waals surface area contributed by atoms with Gasteiger partial charge in [0.15, 0.2) is 6.61 Å². The van der Waals surface area contributed by atoms with Crippen LogP contribution < -0.4 is 10.1 Å². The number of alkyl halides is 3. The first-order chi connectivity index (χ1) is 10.7. The lowest BCUT2D eigenvalue weighted by atomic mass is 10.2. The van der Waals surface area contributed by atoms with E-state index >= 15 is 0 Å². The summed E-state index contributed by atoms with van der Waals surface area (Å²) in [7, 11) is 0. The maximum atomic E-state index is 13.0. The number of hydrogen-bond acceptors (Lipinski definition) is 3. The highest BCUT2D eigenvalue weighted by Crippen LogP contribution is 2.20. The van der Waals surface area contributed by atoms with Crippen LogP contribution in [0.1, 0.15) is 10.4 Å². The smallest absolute Gasteiger partial charge is 0.422 e. The quantitative estimate of drug-likeness (QED) is 0.847. The molecular weight excluding hydrogens is 340 g/mol. The van der Waals surface area contributed by atoms with Crippen molar-refractivity contribution in [3.63, 3.8) is 0 Å². The van der Waals surface area contributed by atoms with Crippen LogP contribution in [0.25, 0.3) is 0 Å². The Balaban J connectivity index is 2.01. The van der Waals surface area contributed by atoms with Crippen LogP contribution in [0.5, 0.6) is 5.88 Å². The normalized spacial score (nSPS) is 11.2. The van der Waals surface area contributed by atoms with Crippen LogP contribution >= 0.6 is 11.6 Å². The first-order valence-corrected chi connectivity index (χ1v) is 6.54. The van der Waals surface area contributed by atoms with Crippen molar-refractivity contribution < 1.29 is 27.1 Å². The topological polar surface area (TPSA) is 51.2 Å². The third-order valence-corrected chi connectivity index (χ3v) is 2.85. The summed E-state index contributed by atoms with van der Waals surface area (Å²) in [5.41, 5.74) is 0.351. The molecule has 0 saturated carbocycles. The highest BCUT2D eigenvalue weighted by Gasteiger charge is 2.28. The van der Waals surface area contributed by atoms with Gasteiger partial charge in [-0.2, -0.15) is 13.2 Å². The molecule has 1 aromatic carbocycles. The van der Waals surface area contributed by atoms with Gasteiger partial charge in [-0.3, -0.25) is 4.79 Å². The molecule has 0 aliphatic carbocycles. The number of halogens is 5. The minimum atomic E-state index is -4.47. The molecule has 9 heteroatoms. The second-order valence-electron chi connectivity index (χ2n) is 4.37. The Morgan fingerprint density at radius 2 is 2.00 bits per heavy atom. The van der Waals surface area contributed by atoms with E-state index in [-0.39, 0.29) is 22.2 Å². The SMILES string of the molecule is O=C(Nc1ccc(F)c(Cl)c1)c1ccc(OCC(F)(F)F)nc1. The summed E-state index contributed by atoms with van der Waals surface area (Å²) in [5.74, 6) is -1.47. The number of pyridine rings is 1. The highest BCUT2D eigenvalue weighted by molar-refractivity contribution is 6.31. The number of anilines is 1. The fourth-order valence-corrected chi connectivity index (χ4v) is 1.71. The molecule has 1 amide bonds. The monoisotopic (exact) mass is 348 g/mol. The molecule has 2 aromatic rings. The predicted octanol–water partition coefficient (Wildman–Crippen LogP) is 4.07. The summed E-state index contributed by atoms with van der Waals surface area (Å²) in [6, 6.07) is 6.01. The number of carbonyl (C=O) groups excluding carboxylic acids is 1. The van der Waals surface area contributed by atoms with E-state index in [1.165, 1.54) is 18.2 Å². The second-order valence-corrected chi connectivity index (χ2v) is 4.78. The second kappa shape index (κ2) is 6.82. The number of carbonyl (C=O) groups is 1. The molecule has 2 rings (SSSR count). The lowest BCUT2D eigenvalue weighted by molar-refractivity contribution is -0.154. The molecule has 0 aliphatic rings. The number of amides is 1. The predicted molar refractivity (Wildman–Crippen MR) is 75.2 cm³/mol. The van der Waals surface area contributed by atoms with Crippen LogP contribution in [0.3, 0.4) is 0 Å². The Kier molecular flexibility index (Phi) is 5.05. The van der Waals surface area contributed by atoms with Gasteiger partial charge in [0.1, 0.15) is 5.82 Å². The van der Waals surface area contributed by atoms with Crippen molar-refractivity contribution in [1.29, 1.82) is 0 Å². The third kappa shape index (κ3) is 5.10. The summed E-state index contributed by atoms with van der Waals surface area (Å²) in [6.45, 7) is -1.47. The van der Waals surface area contributed by atoms with Gasteiger partial charge in [-0.15, -0.1) is 0 Å². The molecule has 0 atom stereocenters. The number of nitrogens with zero attached hydrogens (tertiary/aromatic N) is 1. The van der Waals surface area contributed by atoms with E-state index in [4.69, 9.17) is 11.6 Å². The molecule has 0 bridgehead atoms. The average molecular weight is 349 g/mol. The van der Waals surface area contributed by atoms with Crippen molar-refractivity contribution in [2.24, 2.45) is 0 Å². The molecule has 0 unspecified atom stereocenters. The molecule has 1 aromatic heterocycles. The summed E-state index contributed by atoms with van der Waals surface area (Å²) >= 11 is 5.59. The first-order valence-electron chi connectivity index (χ1n) is 6.16. The van der Waals surface area contributed by atoms with Gasteiger partial charge in [-0.1, -0.05) is 11.6 Å². The van der Waals surface area contributed by atoms with E-state index < -0.39 is 24.5 Å². The molecule has 0 saturated heterocycles. The number of rotatable bonds is 4. The largest absolute Gasteiger partial charge is 0.468 e. The Bertz CT molecular complexity index is 705. The van der Waals surface area contributed by atoms with Crippen molar-refractivity contribution in [1.82, 2.24) is 4.98 Å².